The summed E-state index contributed by atoms with van der Waals surface area (Å²) in [5.74, 6) is -0.607. The summed E-state index contributed by atoms with van der Waals surface area (Å²) in [5, 5.41) is 8.67. The van der Waals surface area contributed by atoms with E-state index >= 15 is 0 Å². The van der Waals surface area contributed by atoms with Crippen molar-refractivity contribution >= 4 is 28.9 Å². The number of rotatable bonds is 5. The average molecular weight is 237 g/mol. The van der Waals surface area contributed by atoms with Gasteiger partial charge in [-0.3, -0.25) is 0 Å². The zero-order valence-corrected chi connectivity index (χ0v) is 9.02. The van der Waals surface area contributed by atoms with Crippen molar-refractivity contribution in [2.24, 2.45) is 0 Å². The number of carboxylic acid groups (broad SMARTS) is 1. The van der Waals surface area contributed by atoms with Crippen molar-refractivity contribution in [3.8, 4) is 5.75 Å². The normalized spacial score (nSPS) is 10.1. The maximum Gasteiger partial charge on any atom is 0.346 e. The van der Waals surface area contributed by atoms with E-state index in [1.807, 2.05) is 0 Å². The molecule has 6 heteroatoms. The monoisotopic (exact) mass is 236 g/mol. The minimum atomic E-state index is -1.00. The summed E-state index contributed by atoms with van der Waals surface area (Å²) in [6.07, 6.45) is 0. The summed E-state index contributed by atoms with van der Waals surface area (Å²) in [6.45, 7) is 0.792. The SMILES string of the molecule is COCCOc1cc(C(=O)O)sc1Cl. The quantitative estimate of drug-likeness (QED) is 0.796. The molecule has 0 saturated carbocycles. The highest BCUT2D eigenvalue weighted by Gasteiger charge is 2.12. The summed E-state index contributed by atoms with van der Waals surface area (Å²) in [6, 6.07) is 1.41. The van der Waals surface area contributed by atoms with Crippen molar-refractivity contribution in [3.63, 3.8) is 0 Å². The Morgan fingerprint density at radius 3 is 2.86 bits per heavy atom. The van der Waals surface area contributed by atoms with Crippen LogP contribution in [0.2, 0.25) is 4.34 Å². The lowest BCUT2D eigenvalue weighted by atomic mass is 10.4. The van der Waals surface area contributed by atoms with Gasteiger partial charge in [0.1, 0.15) is 21.6 Å². The van der Waals surface area contributed by atoms with Gasteiger partial charge in [-0.1, -0.05) is 11.6 Å². The second-order valence-corrected chi connectivity index (χ2v) is 4.05. The molecule has 14 heavy (non-hydrogen) atoms. The van der Waals surface area contributed by atoms with E-state index in [1.165, 1.54) is 6.07 Å². The van der Waals surface area contributed by atoms with E-state index in [-0.39, 0.29) is 4.88 Å². The fraction of sp³-hybridized carbons (Fsp3) is 0.375. The zero-order valence-electron chi connectivity index (χ0n) is 7.45. The van der Waals surface area contributed by atoms with Gasteiger partial charge in [-0.15, -0.1) is 11.3 Å². The number of carboxylic acids is 1. The molecule has 0 radical (unpaired) electrons. The topological polar surface area (TPSA) is 55.8 Å². The fourth-order valence-corrected chi connectivity index (χ4v) is 1.81. The number of thiophene rings is 1. The molecular formula is C8H9ClO4S. The van der Waals surface area contributed by atoms with Crippen molar-refractivity contribution < 1.29 is 19.4 Å². The van der Waals surface area contributed by atoms with Crippen LogP contribution in [0.15, 0.2) is 6.07 Å². The van der Waals surface area contributed by atoms with Gasteiger partial charge in [0.2, 0.25) is 0 Å². The second-order valence-electron chi connectivity index (χ2n) is 2.40. The van der Waals surface area contributed by atoms with Gasteiger partial charge in [-0.05, 0) is 0 Å². The summed E-state index contributed by atoms with van der Waals surface area (Å²) < 4.78 is 10.3. The van der Waals surface area contributed by atoms with Gasteiger partial charge >= 0.3 is 5.97 Å². The molecule has 1 heterocycles. The van der Waals surface area contributed by atoms with Crippen molar-refractivity contribution in [2.45, 2.75) is 0 Å². The Labute approximate surface area is 90.0 Å². The van der Waals surface area contributed by atoms with Crippen LogP contribution in [0.5, 0.6) is 5.75 Å². The minimum Gasteiger partial charge on any atom is -0.489 e. The van der Waals surface area contributed by atoms with E-state index in [4.69, 9.17) is 26.2 Å². The number of carbonyl (C=O) groups is 1. The lowest BCUT2D eigenvalue weighted by Crippen LogP contribution is -2.03. The van der Waals surface area contributed by atoms with Gasteiger partial charge in [0.25, 0.3) is 0 Å². The minimum absolute atomic E-state index is 0.169. The highest BCUT2D eigenvalue weighted by molar-refractivity contribution is 7.18. The highest BCUT2D eigenvalue weighted by Crippen LogP contribution is 2.34. The zero-order chi connectivity index (χ0) is 10.6. The van der Waals surface area contributed by atoms with Crippen LogP contribution in [0.1, 0.15) is 9.67 Å². The molecule has 0 aliphatic heterocycles. The summed E-state index contributed by atoms with van der Waals surface area (Å²) in [7, 11) is 1.56. The Morgan fingerprint density at radius 1 is 1.64 bits per heavy atom. The number of ether oxygens (including phenoxy) is 2. The predicted molar refractivity (Wildman–Crippen MR) is 53.7 cm³/mol. The summed E-state index contributed by atoms with van der Waals surface area (Å²) >= 11 is 6.74. The van der Waals surface area contributed by atoms with E-state index < -0.39 is 5.97 Å². The van der Waals surface area contributed by atoms with Crippen LogP contribution < -0.4 is 4.74 Å². The van der Waals surface area contributed by atoms with Crippen molar-refractivity contribution in [1.29, 1.82) is 0 Å². The molecule has 0 saturated heterocycles. The molecule has 0 bridgehead atoms. The van der Waals surface area contributed by atoms with Crippen molar-refractivity contribution in [1.82, 2.24) is 0 Å². The number of hydrogen-bond donors (Lipinski definition) is 1. The Hall–Kier alpha value is -0.780. The number of hydrogen-bond acceptors (Lipinski definition) is 4. The molecule has 1 N–H and O–H groups in total. The maximum absolute atomic E-state index is 10.6. The van der Waals surface area contributed by atoms with Crippen LogP contribution in [0, 0.1) is 0 Å². The van der Waals surface area contributed by atoms with Crippen LogP contribution in [-0.2, 0) is 4.74 Å². The Kier molecular flexibility index (Phi) is 4.19. The molecule has 1 rings (SSSR count). The fourth-order valence-electron chi connectivity index (χ4n) is 0.791. The van der Waals surface area contributed by atoms with Gasteiger partial charge in [-0.2, -0.15) is 0 Å². The smallest absolute Gasteiger partial charge is 0.346 e. The second kappa shape index (κ2) is 5.19. The average Bonchev–Trinajstić information content (AvgIpc) is 2.49. The molecule has 0 aliphatic carbocycles. The Balaban J connectivity index is 2.63. The van der Waals surface area contributed by atoms with Crippen LogP contribution in [0.3, 0.4) is 0 Å². The third-order valence-corrected chi connectivity index (χ3v) is 2.72. The standard InChI is InChI=1S/C8H9ClO4S/c1-12-2-3-13-5-4-6(8(10)11)14-7(5)9/h4H,2-3H2,1H3,(H,10,11). The Bertz CT molecular complexity index is 323. The molecule has 78 valence electrons. The lowest BCUT2D eigenvalue weighted by Gasteiger charge is -2.02. The van der Waals surface area contributed by atoms with E-state index in [0.29, 0.717) is 23.3 Å². The molecule has 0 fully saturated rings. The molecule has 0 amide bonds. The van der Waals surface area contributed by atoms with Crippen LogP contribution in [0.4, 0.5) is 0 Å². The van der Waals surface area contributed by atoms with Crippen molar-refractivity contribution in [3.05, 3.63) is 15.3 Å². The van der Waals surface area contributed by atoms with Gasteiger partial charge in [-0.25, -0.2) is 4.79 Å². The number of halogens is 1. The molecule has 1 aromatic rings. The number of aromatic carboxylic acids is 1. The van der Waals surface area contributed by atoms with Crippen LogP contribution in [0.25, 0.3) is 0 Å². The molecule has 0 spiro atoms. The van der Waals surface area contributed by atoms with Crippen molar-refractivity contribution in [2.75, 3.05) is 20.3 Å². The van der Waals surface area contributed by atoms with E-state index in [9.17, 15) is 4.79 Å². The third kappa shape index (κ3) is 2.87. The molecule has 4 nitrogen and oxygen atoms in total. The first-order chi connectivity index (χ1) is 6.65. The largest absolute Gasteiger partial charge is 0.489 e. The number of methoxy groups -OCH3 is 1. The Morgan fingerprint density at radius 2 is 2.36 bits per heavy atom. The molecule has 1 aromatic heterocycles. The van der Waals surface area contributed by atoms with E-state index in [1.54, 1.807) is 7.11 Å². The predicted octanol–water partition coefficient (Wildman–Crippen LogP) is 2.12. The lowest BCUT2D eigenvalue weighted by molar-refractivity contribution is 0.0701. The summed E-state index contributed by atoms with van der Waals surface area (Å²) in [4.78, 5) is 10.7. The van der Waals surface area contributed by atoms with Gasteiger partial charge in [0.05, 0.1) is 6.61 Å². The van der Waals surface area contributed by atoms with E-state index in [0.717, 1.165) is 11.3 Å². The summed E-state index contributed by atoms with van der Waals surface area (Å²) in [5.41, 5.74) is 0. The first kappa shape index (κ1) is 11.3. The molecule has 0 atom stereocenters. The first-order valence-corrected chi connectivity index (χ1v) is 4.99. The van der Waals surface area contributed by atoms with Crippen LogP contribution >= 0.6 is 22.9 Å². The molecule has 0 aromatic carbocycles. The third-order valence-electron chi connectivity index (χ3n) is 1.41. The molecule has 0 aliphatic rings. The van der Waals surface area contributed by atoms with Gasteiger partial charge < -0.3 is 14.6 Å². The van der Waals surface area contributed by atoms with Crippen LogP contribution in [-0.4, -0.2) is 31.4 Å². The maximum atomic E-state index is 10.6. The molecular weight excluding hydrogens is 228 g/mol. The van der Waals surface area contributed by atoms with Gasteiger partial charge in [0.15, 0.2) is 0 Å². The molecule has 0 unspecified atom stereocenters. The van der Waals surface area contributed by atoms with E-state index in [2.05, 4.69) is 0 Å². The van der Waals surface area contributed by atoms with Gasteiger partial charge in [0, 0.05) is 13.2 Å². The first-order valence-electron chi connectivity index (χ1n) is 3.79. The highest BCUT2D eigenvalue weighted by atomic mass is 35.5.